The van der Waals surface area contributed by atoms with Crippen molar-refractivity contribution in [2.75, 3.05) is 0 Å². The van der Waals surface area contributed by atoms with E-state index in [2.05, 4.69) is 10.4 Å². The van der Waals surface area contributed by atoms with Gasteiger partial charge in [-0.2, -0.15) is 5.10 Å². The van der Waals surface area contributed by atoms with Crippen LogP contribution in [0, 0.1) is 0 Å². The van der Waals surface area contributed by atoms with Crippen LogP contribution in [0.2, 0.25) is 0 Å². The van der Waals surface area contributed by atoms with Crippen molar-refractivity contribution in [1.29, 1.82) is 0 Å². The molecule has 0 unspecified atom stereocenters. The molecule has 1 aliphatic heterocycles. The molecule has 2 aromatic heterocycles. The zero-order valence-corrected chi connectivity index (χ0v) is 16.1. The van der Waals surface area contributed by atoms with Gasteiger partial charge in [-0.05, 0) is 44.0 Å². The number of rotatable bonds is 4. The molecule has 7 nitrogen and oxygen atoms in total. The lowest BCUT2D eigenvalue weighted by atomic mass is 10.1. The number of amides is 1. The Morgan fingerprint density at radius 1 is 1.25 bits per heavy atom. The highest BCUT2D eigenvalue weighted by molar-refractivity contribution is 5.97. The van der Waals surface area contributed by atoms with Crippen LogP contribution in [0.3, 0.4) is 0 Å². The van der Waals surface area contributed by atoms with Crippen LogP contribution in [-0.2, 0) is 19.5 Å². The maximum Gasteiger partial charge on any atom is 0.261 e. The molecule has 1 amide bonds. The largest absolute Gasteiger partial charge is 0.348 e. The number of hydrogen-bond acceptors (Lipinski definition) is 4. The third-order valence-corrected chi connectivity index (χ3v) is 5.23. The summed E-state index contributed by atoms with van der Waals surface area (Å²) in [5.41, 5.74) is 1.12. The van der Waals surface area contributed by atoms with Gasteiger partial charge in [-0.25, -0.2) is 4.98 Å². The van der Waals surface area contributed by atoms with E-state index in [1.165, 1.54) is 6.42 Å². The average molecular weight is 379 g/mol. The molecule has 0 aliphatic carbocycles. The van der Waals surface area contributed by atoms with Gasteiger partial charge < -0.3 is 5.32 Å². The molecular weight excluding hydrogens is 354 g/mol. The van der Waals surface area contributed by atoms with E-state index >= 15 is 0 Å². The van der Waals surface area contributed by atoms with Crippen molar-refractivity contribution in [2.45, 2.75) is 58.2 Å². The predicted octanol–water partition coefficient (Wildman–Crippen LogP) is 2.53. The lowest BCUT2D eigenvalue weighted by Gasteiger charge is -2.17. The van der Waals surface area contributed by atoms with E-state index in [1.54, 1.807) is 29.1 Å². The van der Waals surface area contributed by atoms with Gasteiger partial charge in [0.2, 0.25) is 0 Å². The van der Waals surface area contributed by atoms with Gasteiger partial charge in [0.05, 0.1) is 17.4 Å². The highest BCUT2D eigenvalue weighted by Crippen LogP contribution is 2.16. The summed E-state index contributed by atoms with van der Waals surface area (Å²) in [6.45, 7) is 3.26. The standard InChI is InChI=1S/C21H25N5O2/c1-15(14-25-11-6-10-22-25)23-20(27)16-8-9-17-18(13-16)24-19-7-4-2-3-5-12-26(19)21(17)28/h6,8-11,13,15H,2-5,7,12,14H2,1H3,(H,23,27)/t15-/m0/s1. The van der Waals surface area contributed by atoms with Crippen LogP contribution in [0.25, 0.3) is 10.9 Å². The lowest BCUT2D eigenvalue weighted by molar-refractivity contribution is 0.0936. The minimum Gasteiger partial charge on any atom is -0.348 e. The van der Waals surface area contributed by atoms with Gasteiger partial charge in [0, 0.05) is 37.0 Å². The summed E-state index contributed by atoms with van der Waals surface area (Å²) in [5, 5.41) is 7.72. The number of aromatic nitrogens is 4. The second-order valence-electron chi connectivity index (χ2n) is 7.48. The molecule has 0 saturated carbocycles. The SMILES string of the molecule is C[C@@H](Cn1cccn1)NC(=O)c1ccc2c(=O)n3c(nc2c1)CCCCCC3. The number of aryl methyl sites for hydroxylation is 1. The molecule has 1 aliphatic rings. The monoisotopic (exact) mass is 379 g/mol. The van der Waals surface area contributed by atoms with E-state index in [-0.39, 0.29) is 17.5 Å². The molecular formula is C21H25N5O2. The summed E-state index contributed by atoms with van der Waals surface area (Å²) in [5.74, 6) is 0.664. The molecule has 1 N–H and O–H groups in total. The molecule has 1 atom stereocenters. The summed E-state index contributed by atoms with van der Waals surface area (Å²) in [6, 6.07) is 6.94. The maximum absolute atomic E-state index is 12.9. The number of fused-ring (bicyclic) bond motifs is 2. The molecule has 1 aromatic carbocycles. The first-order valence-corrected chi connectivity index (χ1v) is 9.93. The number of carbonyl (C=O) groups is 1. The van der Waals surface area contributed by atoms with Crippen LogP contribution in [0.15, 0.2) is 41.5 Å². The van der Waals surface area contributed by atoms with Gasteiger partial charge in [0.1, 0.15) is 5.82 Å². The summed E-state index contributed by atoms with van der Waals surface area (Å²) in [6.07, 6.45) is 8.77. The number of nitrogens with one attached hydrogen (secondary N) is 1. The van der Waals surface area contributed by atoms with Gasteiger partial charge in [0.25, 0.3) is 11.5 Å². The Balaban J connectivity index is 1.59. The minimum atomic E-state index is -0.171. The van der Waals surface area contributed by atoms with Crippen LogP contribution in [0.1, 0.15) is 48.8 Å². The quantitative estimate of drug-likeness (QED) is 0.755. The molecule has 3 aromatic rings. The highest BCUT2D eigenvalue weighted by atomic mass is 16.1. The van der Waals surface area contributed by atoms with Gasteiger partial charge in [0.15, 0.2) is 0 Å². The summed E-state index contributed by atoms with van der Waals surface area (Å²) in [4.78, 5) is 30.3. The average Bonchev–Trinajstić information content (AvgIpc) is 3.15. The highest BCUT2D eigenvalue weighted by Gasteiger charge is 2.16. The van der Waals surface area contributed by atoms with Crippen LogP contribution in [0.5, 0.6) is 0 Å². The van der Waals surface area contributed by atoms with E-state index in [0.717, 1.165) is 38.1 Å². The van der Waals surface area contributed by atoms with Crippen molar-refractivity contribution in [3.05, 3.63) is 58.4 Å². The Labute approximate surface area is 163 Å². The van der Waals surface area contributed by atoms with Crippen molar-refractivity contribution in [2.24, 2.45) is 0 Å². The fraction of sp³-hybridized carbons (Fsp3) is 0.429. The lowest BCUT2D eigenvalue weighted by Crippen LogP contribution is -2.35. The number of hydrogen-bond donors (Lipinski definition) is 1. The van der Waals surface area contributed by atoms with Crippen molar-refractivity contribution in [3.8, 4) is 0 Å². The Kier molecular flexibility index (Phi) is 5.23. The predicted molar refractivity (Wildman–Crippen MR) is 107 cm³/mol. The first-order chi connectivity index (χ1) is 13.6. The molecule has 0 bridgehead atoms. The Morgan fingerprint density at radius 3 is 2.93 bits per heavy atom. The van der Waals surface area contributed by atoms with E-state index < -0.39 is 0 Å². The first-order valence-electron chi connectivity index (χ1n) is 9.93. The molecule has 0 saturated heterocycles. The van der Waals surface area contributed by atoms with Crippen LogP contribution < -0.4 is 10.9 Å². The Hall–Kier alpha value is -2.96. The van der Waals surface area contributed by atoms with Gasteiger partial charge >= 0.3 is 0 Å². The van der Waals surface area contributed by atoms with Crippen LogP contribution in [0.4, 0.5) is 0 Å². The molecule has 4 rings (SSSR count). The van der Waals surface area contributed by atoms with Crippen LogP contribution in [-0.4, -0.2) is 31.3 Å². The first kappa shape index (κ1) is 18.4. The van der Waals surface area contributed by atoms with E-state index in [4.69, 9.17) is 4.98 Å². The fourth-order valence-corrected chi connectivity index (χ4v) is 3.78. The fourth-order valence-electron chi connectivity index (χ4n) is 3.78. The van der Waals surface area contributed by atoms with E-state index in [9.17, 15) is 9.59 Å². The Morgan fingerprint density at radius 2 is 2.11 bits per heavy atom. The summed E-state index contributed by atoms with van der Waals surface area (Å²) in [7, 11) is 0. The molecule has 28 heavy (non-hydrogen) atoms. The normalized spacial score (nSPS) is 15.5. The van der Waals surface area contributed by atoms with Crippen molar-refractivity contribution < 1.29 is 4.79 Å². The van der Waals surface area contributed by atoms with Gasteiger partial charge in [-0.15, -0.1) is 0 Å². The third kappa shape index (κ3) is 3.83. The molecule has 0 radical (unpaired) electrons. The maximum atomic E-state index is 12.9. The number of benzene rings is 1. The third-order valence-electron chi connectivity index (χ3n) is 5.23. The molecule has 0 spiro atoms. The van der Waals surface area contributed by atoms with Gasteiger partial charge in [-0.1, -0.05) is 12.8 Å². The molecule has 3 heterocycles. The zero-order valence-electron chi connectivity index (χ0n) is 16.1. The number of nitrogens with zero attached hydrogens (tertiary/aromatic N) is 4. The second-order valence-corrected chi connectivity index (χ2v) is 7.48. The van der Waals surface area contributed by atoms with E-state index in [1.807, 2.05) is 23.8 Å². The Bertz CT molecular complexity index is 1040. The van der Waals surface area contributed by atoms with E-state index in [0.29, 0.717) is 23.0 Å². The summed E-state index contributed by atoms with van der Waals surface area (Å²) >= 11 is 0. The molecule has 146 valence electrons. The number of carbonyl (C=O) groups excluding carboxylic acids is 1. The summed E-state index contributed by atoms with van der Waals surface area (Å²) < 4.78 is 3.60. The zero-order chi connectivity index (χ0) is 19.5. The van der Waals surface area contributed by atoms with Crippen molar-refractivity contribution in [3.63, 3.8) is 0 Å². The smallest absolute Gasteiger partial charge is 0.261 e. The topological polar surface area (TPSA) is 81.8 Å². The molecule has 0 fully saturated rings. The van der Waals surface area contributed by atoms with Crippen molar-refractivity contribution in [1.82, 2.24) is 24.6 Å². The minimum absolute atomic E-state index is 0.000841. The van der Waals surface area contributed by atoms with Crippen molar-refractivity contribution >= 4 is 16.8 Å². The second kappa shape index (κ2) is 7.96. The molecule has 7 heteroatoms. The van der Waals surface area contributed by atoms with Gasteiger partial charge in [-0.3, -0.25) is 18.8 Å². The van der Waals surface area contributed by atoms with Crippen LogP contribution >= 0.6 is 0 Å².